The number of nitrogens with zero attached hydrogens (tertiary/aromatic N) is 4. The van der Waals surface area contributed by atoms with Crippen molar-refractivity contribution in [2.45, 2.75) is 26.8 Å². The summed E-state index contributed by atoms with van der Waals surface area (Å²) in [5.41, 5.74) is 3.28. The van der Waals surface area contributed by atoms with E-state index >= 15 is 0 Å². The van der Waals surface area contributed by atoms with Gasteiger partial charge in [-0.15, -0.1) is 16.4 Å². The lowest BCUT2D eigenvalue weighted by Gasteiger charge is -2.08. The average Bonchev–Trinajstić information content (AvgIpc) is 3.19. The first-order chi connectivity index (χ1) is 11.1. The Kier molecular flexibility index (Phi) is 4.47. The van der Waals surface area contributed by atoms with Crippen LogP contribution < -0.4 is 5.32 Å². The van der Waals surface area contributed by atoms with Crippen molar-refractivity contribution in [3.05, 3.63) is 57.5 Å². The molecule has 1 N–H and O–H groups in total. The van der Waals surface area contributed by atoms with Crippen molar-refractivity contribution in [1.29, 1.82) is 0 Å². The van der Waals surface area contributed by atoms with E-state index in [1.165, 1.54) is 11.1 Å². The van der Waals surface area contributed by atoms with Gasteiger partial charge in [0.25, 0.3) is 0 Å². The lowest BCUT2D eigenvalue weighted by atomic mass is 10.1. The zero-order valence-corrected chi connectivity index (χ0v) is 13.8. The second kappa shape index (κ2) is 6.70. The van der Waals surface area contributed by atoms with Gasteiger partial charge in [-0.1, -0.05) is 12.1 Å². The zero-order valence-electron chi connectivity index (χ0n) is 13.0. The van der Waals surface area contributed by atoms with Gasteiger partial charge in [-0.2, -0.15) is 4.68 Å². The lowest BCUT2D eigenvalue weighted by Crippen LogP contribution is -2.26. The van der Waals surface area contributed by atoms with E-state index in [4.69, 9.17) is 0 Å². The summed E-state index contributed by atoms with van der Waals surface area (Å²) in [5.74, 6) is 0.565. The number of carbonyl (C=O) groups excluding carboxylic acids is 1. The number of rotatable bonds is 5. The third kappa shape index (κ3) is 3.62. The van der Waals surface area contributed by atoms with Gasteiger partial charge in [-0.05, 0) is 59.0 Å². The summed E-state index contributed by atoms with van der Waals surface area (Å²) in [5, 5.41) is 16.6. The molecule has 3 aromatic rings. The molecule has 118 valence electrons. The SMILES string of the molecule is Cc1ccc(-n2nnnc2CNC(=O)Cc2cccs2)cc1C. The maximum Gasteiger partial charge on any atom is 0.225 e. The summed E-state index contributed by atoms with van der Waals surface area (Å²) < 4.78 is 1.65. The Bertz CT molecular complexity index is 810. The van der Waals surface area contributed by atoms with E-state index in [0.717, 1.165) is 10.6 Å². The Hall–Kier alpha value is -2.54. The van der Waals surface area contributed by atoms with Gasteiger partial charge in [0.15, 0.2) is 5.82 Å². The second-order valence-corrected chi connectivity index (χ2v) is 6.34. The molecule has 2 aromatic heterocycles. The highest BCUT2D eigenvalue weighted by atomic mass is 32.1. The molecule has 2 heterocycles. The average molecular weight is 327 g/mol. The Morgan fingerprint density at radius 1 is 1.26 bits per heavy atom. The number of nitrogens with one attached hydrogen (secondary N) is 1. The standard InChI is InChI=1S/C16H17N5OS/c1-11-5-6-13(8-12(11)2)21-15(18-19-20-21)10-17-16(22)9-14-4-3-7-23-14/h3-8H,9-10H2,1-2H3,(H,17,22). The molecule has 0 spiro atoms. The number of aromatic nitrogens is 4. The second-order valence-electron chi connectivity index (χ2n) is 5.31. The first kappa shape index (κ1) is 15.4. The first-order valence-corrected chi connectivity index (χ1v) is 8.15. The quantitative estimate of drug-likeness (QED) is 0.780. The fraction of sp³-hybridized carbons (Fsp3) is 0.250. The normalized spacial score (nSPS) is 10.7. The van der Waals surface area contributed by atoms with Crippen molar-refractivity contribution < 1.29 is 4.79 Å². The van der Waals surface area contributed by atoms with Crippen LogP contribution in [0.25, 0.3) is 5.69 Å². The molecule has 0 atom stereocenters. The van der Waals surface area contributed by atoms with Crippen molar-refractivity contribution >= 4 is 17.2 Å². The van der Waals surface area contributed by atoms with E-state index in [1.54, 1.807) is 16.0 Å². The number of hydrogen-bond acceptors (Lipinski definition) is 5. The molecular formula is C16H17N5OS. The van der Waals surface area contributed by atoms with Crippen molar-refractivity contribution in [2.75, 3.05) is 0 Å². The summed E-state index contributed by atoms with van der Waals surface area (Å²) in [4.78, 5) is 13.0. The van der Waals surface area contributed by atoms with Crippen LogP contribution in [0.3, 0.4) is 0 Å². The van der Waals surface area contributed by atoms with E-state index in [1.807, 2.05) is 42.6 Å². The van der Waals surface area contributed by atoms with Crippen molar-refractivity contribution in [3.8, 4) is 5.69 Å². The smallest absolute Gasteiger partial charge is 0.225 e. The number of amides is 1. The Balaban J connectivity index is 1.68. The number of carbonyl (C=O) groups is 1. The molecule has 0 aliphatic rings. The van der Waals surface area contributed by atoms with Gasteiger partial charge >= 0.3 is 0 Å². The van der Waals surface area contributed by atoms with E-state index in [0.29, 0.717) is 18.8 Å². The van der Waals surface area contributed by atoms with Gasteiger partial charge in [0.05, 0.1) is 18.7 Å². The van der Waals surface area contributed by atoms with Crippen LogP contribution in [0.1, 0.15) is 21.8 Å². The summed E-state index contributed by atoms with van der Waals surface area (Å²) in [6, 6.07) is 9.92. The third-order valence-electron chi connectivity index (χ3n) is 3.63. The molecule has 0 aliphatic heterocycles. The maximum atomic E-state index is 12.0. The molecule has 0 bridgehead atoms. The zero-order chi connectivity index (χ0) is 16.2. The van der Waals surface area contributed by atoms with Crippen molar-refractivity contribution in [3.63, 3.8) is 0 Å². The summed E-state index contributed by atoms with van der Waals surface area (Å²) in [6.07, 6.45) is 0.378. The van der Waals surface area contributed by atoms with E-state index in [9.17, 15) is 4.79 Å². The molecule has 1 aromatic carbocycles. The van der Waals surface area contributed by atoms with Gasteiger partial charge in [-0.25, -0.2) is 0 Å². The number of hydrogen-bond donors (Lipinski definition) is 1. The fourth-order valence-corrected chi connectivity index (χ4v) is 2.89. The number of aryl methyl sites for hydroxylation is 2. The topological polar surface area (TPSA) is 72.7 Å². The van der Waals surface area contributed by atoms with Gasteiger partial charge in [-0.3, -0.25) is 4.79 Å². The molecule has 0 saturated carbocycles. The summed E-state index contributed by atoms with van der Waals surface area (Å²) >= 11 is 1.57. The van der Waals surface area contributed by atoms with Crippen molar-refractivity contribution in [1.82, 2.24) is 25.5 Å². The molecule has 23 heavy (non-hydrogen) atoms. The highest BCUT2D eigenvalue weighted by Crippen LogP contribution is 2.14. The van der Waals surface area contributed by atoms with Gasteiger partial charge in [0, 0.05) is 4.88 Å². The minimum atomic E-state index is -0.0397. The molecule has 0 unspecified atom stereocenters. The molecular weight excluding hydrogens is 310 g/mol. The Morgan fingerprint density at radius 2 is 2.13 bits per heavy atom. The third-order valence-corrected chi connectivity index (χ3v) is 4.50. The number of thiophene rings is 1. The molecule has 0 saturated heterocycles. The predicted molar refractivity (Wildman–Crippen MR) is 88.5 cm³/mol. The fourth-order valence-electron chi connectivity index (χ4n) is 2.19. The molecule has 7 heteroatoms. The van der Waals surface area contributed by atoms with E-state index < -0.39 is 0 Å². The van der Waals surface area contributed by atoms with Gasteiger partial charge in [0.1, 0.15) is 0 Å². The minimum absolute atomic E-state index is 0.0397. The van der Waals surface area contributed by atoms with Gasteiger partial charge < -0.3 is 5.32 Å². The Labute approximate surface area is 138 Å². The molecule has 0 radical (unpaired) electrons. The molecule has 1 amide bonds. The number of benzene rings is 1. The predicted octanol–water partition coefficient (Wildman–Crippen LogP) is 2.20. The van der Waals surface area contributed by atoms with Gasteiger partial charge in [0.2, 0.25) is 5.91 Å². The van der Waals surface area contributed by atoms with Crippen LogP contribution in [0, 0.1) is 13.8 Å². The summed E-state index contributed by atoms with van der Waals surface area (Å²) in [7, 11) is 0. The van der Waals surface area contributed by atoms with Crippen LogP contribution in [-0.2, 0) is 17.8 Å². The van der Waals surface area contributed by atoms with Crippen LogP contribution in [0.15, 0.2) is 35.7 Å². The van der Waals surface area contributed by atoms with E-state index in [-0.39, 0.29) is 5.91 Å². The molecule has 6 nitrogen and oxygen atoms in total. The molecule has 3 rings (SSSR count). The molecule has 0 fully saturated rings. The highest BCUT2D eigenvalue weighted by molar-refractivity contribution is 7.10. The van der Waals surface area contributed by atoms with Crippen molar-refractivity contribution in [2.24, 2.45) is 0 Å². The minimum Gasteiger partial charge on any atom is -0.348 e. The van der Waals surface area contributed by atoms with Crippen LogP contribution >= 0.6 is 11.3 Å². The highest BCUT2D eigenvalue weighted by Gasteiger charge is 2.11. The van der Waals surface area contributed by atoms with Crippen LogP contribution in [0.2, 0.25) is 0 Å². The van der Waals surface area contributed by atoms with E-state index in [2.05, 4.69) is 27.8 Å². The largest absolute Gasteiger partial charge is 0.348 e. The summed E-state index contributed by atoms with van der Waals surface area (Å²) in [6.45, 7) is 4.40. The number of tetrazole rings is 1. The monoisotopic (exact) mass is 327 g/mol. The Morgan fingerprint density at radius 3 is 2.87 bits per heavy atom. The maximum absolute atomic E-state index is 12.0. The lowest BCUT2D eigenvalue weighted by molar-refractivity contribution is -0.120. The van der Waals surface area contributed by atoms with Crippen LogP contribution in [0.5, 0.6) is 0 Å². The molecule has 0 aliphatic carbocycles. The van der Waals surface area contributed by atoms with Crippen LogP contribution in [0.4, 0.5) is 0 Å². The first-order valence-electron chi connectivity index (χ1n) is 7.27. The van der Waals surface area contributed by atoms with Crippen LogP contribution in [-0.4, -0.2) is 26.1 Å².